The number of alkyl carbamates (subject to hydrolysis) is 1. The minimum Gasteiger partial charge on any atom is -0.445 e. The number of nitrogens with two attached hydrogens (primary N) is 1. The van der Waals surface area contributed by atoms with Gasteiger partial charge in [0, 0.05) is 50.0 Å². The van der Waals surface area contributed by atoms with Crippen LogP contribution in [0, 0.1) is 23.0 Å². The van der Waals surface area contributed by atoms with Crippen LogP contribution in [0.2, 0.25) is 0 Å². The monoisotopic (exact) mass is 1320 g/mol. The maximum atomic E-state index is 15.2. The number of benzene rings is 3. The second-order valence-electron chi connectivity index (χ2n) is 21.2. The summed E-state index contributed by atoms with van der Waals surface area (Å²) in [6.45, 7) is 9.67. The SMILES string of the molecule is CC(C)[C@H](NC(=O)CCOCCOCCOCCOCCNC(=O)CI)C(=O)N[C@@H](CCCNC(N)=O)C(=O)Nc1ccc(COC(=O)N[C@H](CF)CCN(C(=O)CO)[C@@H](c2nc(-c3cc(F)ccc3F)cn2Cc2ccccc2)C(C)(C)C)cc1. The maximum Gasteiger partial charge on any atom is 0.407 e. The number of carbonyl (C=O) groups excluding carboxylic acids is 7. The lowest BCUT2D eigenvalue weighted by molar-refractivity contribution is -0.140. The number of amides is 8. The highest BCUT2D eigenvalue weighted by Gasteiger charge is 2.39. The van der Waals surface area contributed by atoms with E-state index in [0.717, 1.165) is 23.8 Å². The number of nitrogens with zero attached hydrogens (tertiary/aromatic N) is 3. The van der Waals surface area contributed by atoms with Crippen LogP contribution in [0.4, 0.5) is 28.4 Å². The Morgan fingerprint density at radius 3 is 2.02 bits per heavy atom. The summed E-state index contributed by atoms with van der Waals surface area (Å²) in [5, 5.41) is 26.1. The molecule has 8 amide bonds. The fraction of sp³-hybridized carbons (Fsp3) is 0.525. The van der Waals surface area contributed by atoms with Crippen LogP contribution in [0.5, 0.6) is 0 Å². The van der Waals surface area contributed by atoms with Gasteiger partial charge in [-0.15, -0.1) is 0 Å². The van der Waals surface area contributed by atoms with Crippen molar-refractivity contribution in [1.82, 2.24) is 41.0 Å². The number of anilines is 1. The molecule has 1 aromatic heterocycles. The third-order valence-corrected chi connectivity index (χ3v) is 13.7. The Morgan fingerprint density at radius 2 is 1.42 bits per heavy atom. The molecule has 0 aliphatic rings. The standard InChI is InChI=1S/C59H82F3IN10O13/c1-39(2)52(71-49(75)20-24-82-26-28-84-30-31-85-29-27-83-25-22-65-50(76)34-63)56(79)70-47(12-9-21-66-57(64)80)55(78)67-43-16-13-41(14-17-43)38-86-58(81)68-44(33-60)19-23-73(51(77)37-74)53(59(3,4)5)54-69-48(45-32-42(61)15-18-46(45)62)36-72(54)35-40-10-7-6-8-11-40/h6-8,10-11,13-18,32,36,39,44,47,52-53,74H,9,12,19-31,33-35,37-38H2,1-5H3,(H,65,76)(H,67,78)(H,68,81)(H,70,79)(H,71,75)(H3,64,66,80)/t44-,47-,52-,53-/m0/s1. The van der Waals surface area contributed by atoms with Crippen molar-refractivity contribution in [2.45, 2.75) is 97.6 Å². The number of primary amides is 1. The first-order chi connectivity index (χ1) is 41.1. The molecule has 3 aromatic carbocycles. The van der Waals surface area contributed by atoms with E-state index in [0.29, 0.717) is 61.1 Å². The maximum absolute atomic E-state index is 15.2. The molecule has 0 saturated heterocycles. The summed E-state index contributed by atoms with van der Waals surface area (Å²) < 4.78 is 73.7. The van der Waals surface area contributed by atoms with Gasteiger partial charge in [0.2, 0.25) is 29.5 Å². The fourth-order valence-corrected chi connectivity index (χ4v) is 8.95. The van der Waals surface area contributed by atoms with Crippen LogP contribution < -0.4 is 37.6 Å². The van der Waals surface area contributed by atoms with Gasteiger partial charge in [-0.1, -0.05) is 99.7 Å². The number of nitrogens with one attached hydrogen (secondary N) is 6. The topological polar surface area (TPSA) is 305 Å². The van der Waals surface area contributed by atoms with Crippen molar-refractivity contribution in [2.75, 3.05) is 95.5 Å². The number of halogens is 4. The van der Waals surface area contributed by atoms with Crippen LogP contribution in [0.25, 0.3) is 11.3 Å². The van der Waals surface area contributed by atoms with E-state index in [9.17, 15) is 47.4 Å². The van der Waals surface area contributed by atoms with Crippen LogP contribution >= 0.6 is 22.6 Å². The largest absolute Gasteiger partial charge is 0.445 e. The summed E-state index contributed by atoms with van der Waals surface area (Å²) in [5.41, 5.74) is 6.05. The predicted molar refractivity (Wildman–Crippen MR) is 322 cm³/mol. The molecule has 0 spiro atoms. The van der Waals surface area contributed by atoms with E-state index in [1.807, 2.05) is 73.7 Å². The molecule has 86 heavy (non-hydrogen) atoms. The lowest BCUT2D eigenvalue weighted by atomic mass is 9.84. The van der Waals surface area contributed by atoms with E-state index >= 15 is 4.39 Å². The van der Waals surface area contributed by atoms with Crippen LogP contribution in [0.3, 0.4) is 0 Å². The summed E-state index contributed by atoms with van der Waals surface area (Å²) in [5.74, 6) is -3.95. The first-order valence-corrected chi connectivity index (χ1v) is 29.8. The molecule has 0 aliphatic carbocycles. The van der Waals surface area contributed by atoms with Gasteiger partial charge in [-0.3, -0.25) is 24.0 Å². The van der Waals surface area contributed by atoms with Gasteiger partial charge in [-0.25, -0.2) is 27.7 Å². The highest BCUT2D eigenvalue weighted by Crippen LogP contribution is 2.40. The van der Waals surface area contributed by atoms with Crippen molar-refractivity contribution in [2.24, 2.45) is 17.1 Å². The number of aliphatic hydroxyl groups is 1. The van der Waals surface area contributed by atoms with Crippen LogP contribution in [0.15, 0.2) is 79.0 Å². The molecule has 0 radical (unpaired) electrons. The quantitative estimate of drug-likeness (QED) is 0.0156. The molecule has 27 heteroatoms. The lowest BCUT2D eigenvalue weighted by Crippen LogP contribution is -2.54. The van der Waals surface area contributed by atoms with Gasteiger partial charge in [-0.05, 0) is 72.1 Å². The summed E-state index contributed by atoms with van der Waals surface area (Å²) >= 11 is 1.98. The number of urea groups is 1. The lowest BCUT2D eigenvalue weighted by Gasteiger charge is -2.40. The summed E-state index contributed by atoms with van der Waals surface area (Å²) in [6.07, 6.45) is 0.723. The first-order valence-electron chi connectivity index (χ1n) is 28.3. The zero-order chi connectivity index (χ0) is 63.0. The third kappa shape index (κ3) is 26.0. The number of hydrogen-bond donors (Lipinski definition) is 8. The van der Waals surface area contributed by atoms with Gasteiger partial charge in [0.25, 0.3) is 0 Å². The molecule has 23 nitrogen and oxygen atoms in total. The molecule has 4 rings (SSSR count). The molecule has 4 atom stereocenters. The Hall–Kier alpha value is -6.92. The van der Waals surface area contributed by atoms with E-state index in [-0.39, 0.29) is 94.8 Å². The van der Waals surface area contributed by atoms with Crippen molar-refractivity contribution in [1.29, 1.82) is 0 Å². The molecular weight excluding hydrogens is 1240 g/mol. The normalized spacial score (nSPS) is 12.8. The zero-order valence-electron chi connectivity index (χ0n) is 49.3. The molecule has 4 aromatic rings. The van der Waals surface area contributed by atoms with Crippen LogP contribution in [0.1, 0.15) is 83.3 Å². The summed E-state index contributed by atoms with van der Waals surface area (Å²) in [4.78, 5) is 95.8. The van der Waals surface area contributed by atoms with E-state index in [2.05, 4.69) is 31.9 Å². The molecule has 0 unspecified atom stereocenters. The third-order valence-electron chi connectivity index (χ3n) is 13.0. The second kappa shape index (κ2) is 38.3. The van der Waals surface area contributed by atoms with Gasteiger partial charge in [0.05, 0.1) is 75.1 Å². The van der Waals surface area contributed by atoms with Gasteiger partial charge in [-0.2, -0.15) is 0 Å². The van der Waals surface area contributed by atoms with Crippen molar-refractivity contribution in [3.8, 4) is 11.3 Å². The second-order valence-corrected chi connectivity index (χ2v) is 22.0. The minimum absolute atomic E-state index is 0.0493. The Balaban J connectivity index is 1.30. The van der Waals surface area contributed by atoms with E-state index in [1.165, 1.54) is 17.0 Å². The van der Waals surface area contributed by atoms with Crippen molar-refractivity contribution in [3.63, 3.8) is 0 Å². The number of hydrogen-bond acceptors (Lipinski definition) is 14. The number of carbonyl (C=O) groups is 7. The molecule has 474 valence electrons. The van der Waals surface area contributed by atoms with Gasteiger partial charge >= 0.3 is 12.1 Å². The average Bonchev–Trinajstić information content (AvgIpc) is 2.08. The van der Waals surface area contributed by atoms with Gasteiger partial charge < -0.3 is 75.9 Å². The van der Waals surface area contributed by atoms with Crippen molar-refractivity contribution < 1.29 is 75.5 Å². The van der Waals surface area contributed by atoms with Crippen LogP contribution in [-0.4, -0.2) is 170 Å². The van der Waals surface area contributed by atoms with E-state index < -0.39 is 90.3 Å². The molecule has 1 heterocycles. The van der Waals surface area contributed by atoms with Gasteiger partial charge in [0.15, 0.2) is 0 Å². The Bertz CT molecular complexity index is 2760. The average molecular weight is 1320 g/mol. The van der Waals surface area contributed by atoms with E-state index in [1.54, 1.807) is 36.7 Å². The zero-order valence-corrected chi connectivity index (χ0v) is 51.5. The number of rotatable bonds is 39. The van der Waals surface area contributed by atoms with E-state index in [4.69, 9.17) is 34.4 Å². The fourth-order valence-electron chi connectivity index (χ4n) is 8.68. The number of ether oxygens (including phenoxy) is 5. The predicted octanol–water partition coefficient (Wildman–Crippen LogP) is 5.46. The van der Waals surface area contributed by atoms with Gasteiger partial charge in [0.1, 0.15) is 49.4 Å². The Kier molecular flexibility index (Phi) is 31.9. The smallest absolute Gasteiger partial charge is 0.407 e. The molecule has 0 saturated carbocycles. The number of aliphatic hydroxyl groups excluding tert-OH is 1. The minimum atomic E-state index is -1.16. The Labute approximate surface area is 513 Å². The highest BCUT2D eigenvalue weighted by molar-refractivity contribution is 14.1. The Morgan fingerprint density at radius 1 is 0.767 bits per heavy atom. The molecule has 9 N–H and O–H groups in total. The van der Waals surface area contributed by atoms with Crippen LogP contribution in [-0.2, 0) is 60.8 Å². The first kappa shape index (κ1) is 71.6. The van der Waals surface area contributed by atoms with Crippen molar-refractivity contribution in [3.05, 3.63) is 108 Å². The molecule has 0 aliphatic heterocycles. The molecular formula is C59H82F3IN10O13. The summed E-state index contributed by atoms with van der Waals surface area (Å²) in [7, 11) is 0. The molecule has 0 bridgehead atoms. The number of aromatic nitrogens is 2. The van der Waals surface area contributed by atoms with Crippen molar-refractivity contribution >= 4 is 69.9 Å². The summed E-state index contributed by atoms with van der Waals surface area (Å²) in [6, 6.07) is 13.5. The molecule has 0 fully saturated rings. The highest BCUT2D eigenvalue weighted by atomic mass is 127. The number of alkyl halides is 2. The number of imidazole rings is 1.